The largest absolute Gasteiger partial charge is 0.481 e. The molecule has 0 aliphatic carbocycles. The lowest BCUT2D eigenvalue weighted by Crippen LogP contribution is -2.53. The summed E-state index contributed by atoms with van der Waals surface area (Å²) in [6.07, 6.45) is 0.810. The van der Waals surface area contributed by atoms with E-state index in [2.05, 4.69) is 4.90 Å². The van der Waals surface area contributed by atoms with Crippen LogP contribution in [0.4, 0.5) is 0 Å². The Morgan fingerprint density at radius 1 is 1.00 bits per heavy atom. The van der Waals surface area contributed by atoms with Crippen LogP contribution < -0.4 is 0 Å². The van der Waals surface area contributed by atoms with Gasteiger partial charge in [0.1, 0.15) is 0 Å². The fourth-order valence-corrected chi connectivity index (χ4v) is 4.14. The van der Waals surface area contributed by atoms with Gasteiger partial charge in [-0.15, -0.1) is 0 Å². The number of piperidine rings is 1. The van der Waals surface area contributed by atoms with E-state index < -0.39 is 22.1 Å². The molecule has 0 aromatic rings. The van der Waals surface area contributed by atoms with Gasteiger partial charge >= 0.3 is 5.97 Å². The number of hydrogen-bond donors (Lipinski definition) is 1. The fourth-order valence-electron chi connectivity index (χ4n) is 2.52. The molecule has 2 fully saturated rings. The number of rotatable bonds is 3. The molecular weight excluding hydrogens is 270 g/mol. The van der Waals surface area contributed by atoms with Gasteiger partial charge in [-0.25, -0.2) is 0 Å². The number of likely N-dealkylation sites (N-methyl/N-ethyl adjacent to an activating group) is 1. The molecule has 2 heterocycles. The minimum absolute atomic E-state index is 0.311. The van der Waals surface area contributed by atoms with Crippen LogP contribution >= 0.6 is 0 Å². The third-order valence-electron chi connectivity index (χ3n) is 3.92. The molecule has 0 radical (unpaired) electrons. The third-order valence-corrected chi connectivity index (χ3v) is 5.95. The number of nitrogens with zero attached hydrogens (tertiary/aromatic N) is 3. The van der Waals surface area contributed by atoms with Crippen molar-refractivity contribution >= 4 is 16.2 Å². The van der Waals surface area contributed by atoms with Gasteiger partial charge in [-0.1, -0.05) is 0 Å². The molecule has 0 amide bonds. The second-order valence-electron chi connectivity index (χ2n) is 5.22. The van der Waals surface area contributed by atoms with Crippen LogP contribution in [0, 0.1) is 5.92 Å². The second kappa shape index (κ2) is 5.74. The number of carboxylic acids is 1. The quantitative estimate of drug-likeness (QED) is 0.742. The number of hydrogen-bond acceptors (Lipinski definition) is 4. The van der Waals surface area contributed by atoms with Gasteiger partial charge in [-0.05, 0) is 19.9 Å². The van der Waals surface area contributed by atoms with Gasteiger partial charge in [0.15, 0.2) is 0 Å². The predicted octanol–water partition coefficient (Wildman–Crippen LogP) is -0.725. The second-order valence-corrected chi connectivity index (χ2v) is 7.15. The van der Waals surface area contributed by atoms with Crippen LogP contribution in [0.1, 0.15) is 12.8 Å². The Morgan fingerprint density at radius 3 is 1.95 bits per heavy atom. The van der Waals surface area contributed by atoms with E-state index in [1.165, 1.54) is 8.61 Å². The van der Waals surface area contributed by atoms with Crippen LogP contribution in [-0.4, -0.2) is 79.3 Å². The first kappa shape index (κ1) is 14.7. The highest BCUT2D eigenvalue weighted by atomic mass is 32.2. The highest BCUT2D eigenvalue weighted by molar-refractivity contribution is 7.86. The maximum Gasteiger partial charge on any atom is 0.306 e. The van der Waals surface area contributed by atoms with Crippen LogP contribution in [0.2, 0.25) is 0 Å². The zero-order chi connectivity index (χ0) is 14.0. The maximum absolute atomic E-state index is 12.4. The standard InChI is InChI=1S/C11H21N3O4S/c1-12-6-8-14(9-7-12)19(17,18)13-4-2-10(3-5-13)11(15)16/h10H,2-9H2,1H3,(H,15,16). The summed E-state index contributed by atoms with van der Waals surface area (Å²) in [5, 5.41) is 8.92. The summed E-state index contributed by atoms with van der Waals surface area (Å²) >= 11 is 0. The number of piperazine rings is 1. The van der Waals surface area contributed by atoms with Crippen LogP contribution in [0.5, 0.6) is 0 Å². The summed E-state index contributed by atoms with van der Waals surface area (Å²) in [5.74, 6) is -1.23. The van der Waals surface area contributed by atoms with Crippen molar-refractivity contribution in [3.8, 4) is 0 Å². The van der Waals surface area contributed by atoms with Crippen molar-refractivity contribution in [1.29, 1.82) is 0 Å². The minimum Gasteiger partial charge on any atom is -0.481 e. The van der Waals surface area contributed by atoms with E-state index in [4.69, 9.17) is 5.11 Å². The lowest BCUT2D eigenvalue weighted by Gasteiger charge is -2.37. The Labute approximate surface area is 114 Å². The molecule has 8 heteroatoms. The molecule has 7 nitrogen and oxygen atoms in total. The first-order chi connectivity index (χ1) is 8.91. The van der Waals surface area contributed by atoms with Crippen molar-refractivity contribution in [1.82, 2.24) is 13.5 Å². The van der Waals surface area contributed by atoms with Crippen molar-refractivity contribution in [2.45, 2.75) is 12.8 Å². The number of carboxylic acid groups (broad SMARTS) is 1. The van der Waals surface area contributed by atoms with Gasteiger partial charge in [-0.3, -0.25) is 4.79 Å². The summed E-state index contributed by atoms with van der Waals surface area (Å²) in [6.45, 7) is 3.13. The monoisotopic (exact) mass is 291 g/mol. The summed E-state index contributed by atoms with van der Waals surface area (Å²) < 4.78 is 27.8. The van der Waals surface area contributed by atoms with E-state index in [1.807, 2.05) is 7.05 Å². The highest BCUT2D eigenvalue weighted by Gasteiger charge is 2.35. The van der Waals surface area contributed by atoms with Crippen molar-refractivity contribution in [2.75, 3.05) is 46.3 Å². The Bertz CT molecular complexity index is 423. The Balaban J connectivity index is 1.96. The van der Waals surface area contributed by atoms with Crippen molar-refractivity contribution in [3.63, 3.8) is 0 Å². The summed E-state index contributed by atoms with van der Waals surface area (Å²) in [7, 11) is -1.44. The minimum atomic E-state index is -3.41. The molecule has 0 bridgehead atoms. The molecule has 2 saturated heterocycles. The zero-order valence-corrected chi connectivity index (χ0v) is 12.0. The molecule has 0 aromatic heterocycles. The molecule has 110 valence electrons. The van der Waals surface area contributed by atoms with E-state index in [1.54, 1.807) is 0 Å². The van der Waals surface area contributed by atoms with Gasteiger partial charge in [0, 0.05) is 39.3 Å². The molecule has 2 aliphatic rings. The van der Waals surface area contributed by atoms with Gasteiger partial charge in [0.2, 0.25) is 0 Å². The Kier molecular flexibility index (Phi) is 4.44. The van der Waals surface area contributed by atoms with E-state index in [0.717, 1.165) is 13.1 Å². The average Bonchev–Trinajstić information content (AvgIpc) is 2.39. The molecule has 0 unspecified atom stereocenters. The van der Waals surface area contributed by atoms with Crippen LogP contribution in [-0.2, 0) is 15.0 Å². The van der Waals surface area contributed by atoms with Gasteiger partial charge < -0.3 is 10.0 Å². The van der Waals surface area contributed by atoms with Crippen molar-refractivity contribution in [2.24, 2.45) is 5.92 Å². The predicted molar refractivity (Wildman–Crippen MR) is 69.9 cm³/mol. The molecule has 2 aliphatic heterocycles. The molecule has 0 spiro atoms. The first-order valence-corrected chi connectivity index (χ1v) is 7.97. The Hall–Kier alpha value is -0.700. The van der Waals surface area contributed by atoms with E-state index >= 15 is 0 Å². The molecule has 0 aromatic carbocycles. The van der Waals surface area contributed by atoms with Gasteiger partial charge in [-0.2, -0.15) is 17.0 Å². The average molecular weight is 291 g/mol. The van der Waals surface area contributed by atoms with Crippen LogP contribution in [0.15, 0.2) is 0 Å². The summed E-state index contributed by atoms with van der Waals surface area (Å²) in [5.41, 5.74) is 0. The molecule has 2 rings (SSSR count). The van der Waals surface area contributed by atoms with E-state index in [-0.39, 0.29) is 0 Å². The van der Waals surface area contributed by atoms with Gasteiger partial charge in [0.25, 0.3) is 10.2 Å². The van der Waals surface area contributed by atoms with Crippen LogP contribution in [0.25, 0.3) is 0 Å². The lowest BCUT2D eigenvalue weighted by atomic mass is 9.99. The maximum atomic E-state index is 12.4. The molecule has 19 heavy (non-hydrogen) atoms. The molecule has 0 saturated carbocycles. The fraction of sp³-hybridized carbons (Fsp3) is 0.909. The van der Waals surface area contributed by atoms with Crippen LogP contribution in [0.3, 0.4) is 0 Å². The molecular formula is C11H21N3O4S. The topological polar surface area (TPSA) is 81.2 Å². The Morgan fingerprint density at radius 2 is 1.47 bits per heavy atom. The smallest absolute Gasteiger partial charge is 0.306 e. The lowest BCUT2D eigenvalue weighted by molar-refractivity contribution is -0.142. The summed E-state index contributed by atoms with van der Waals surface area (Å²) in [4.78, 5) is 13.0. The molecule has 0 atom stereocenters. The number of aliphatic carboxylic acids is 1. The normalized spacial score (nSPS) is 25.5. The SMILES string of the molecule is CN1CCN(S(=O)(=O)N2CCC(C(=O)O)CC2)CC1. The van der Waals surface area contributed by atoms with Crippen molar-refractivity contribution in [3.05, 3.63) is 0 Å². The third kappa shape index (κ3) is 3.25. The molecule has 1 N–H and O–H groups in total. The first-order valence-electron chi connectivity index (χ1n) is 6.58. The van der Waals surface area contributed by atoms with Gasteiger partial charge in [0.05, 0.1) is 5.92 Å². The highest BCUT2D eigenvalue weighted by Crippen LogP contribution is 2.22. The van der Waals surface area contributed by atoms with Crippen molar-refractivity contribution < 1.29 is 18.3 Å². The zero-order valence-electron chi connectivity index (χ0n) is 11.2. The number of carbonyl (C=O) groups is 1. The van der Waals surface area contributed by atoms with E-state index in [0.29, 0.717) is 39.0 Å². The summed E-state index contributed by atoms with van der Waals surface area (Å²) in [6, 6.07) is 0. The van der Waals surface area contributed by atoms with E-state index in [9.17, 15) is 13.2 Å².